The van der Waals surface area contributed by atoms with E-state index in [-0.39, 0.29) is 22.5 Å². The first-order valence-electron chi connectivity index (χ1n) is 10.6. The van der Waals surface area contributed by atoms with E-state index >= 15 is 0 Å². The molecule has 0 radical (unpaired) electrons. The first-order chi connectivity index (χ1) is 14.8. The fourth-order valence-corrected chi connectivity index (χ4v) is 6.26. The van der Waals surface area contributed by atoms with Gasteiger partial charge in [0.1, 0.15) is 11.4 Å². The van der Waals surface area contributed by atoms with E-state index < -0.39 is 23.1 Å². The van der Waals surface area contributed by atoms with Crippen LogP contribution in [0.25, 0.3) is 0 Å². The van der Waals surface area contributed by atoms with Crippen LogP contribution in [0.3, 0.4) is 0 Å². The van der Waals surface area contributed by atoms with Crippen molar-refractivity contribution < 1.29 is 9.59 Å². The fraction of sp³-hybridized carbons (Fsp3) is 0.455. The summed E-state index contributed by atoms with van der Waals surface area (Å²) in [7, 11) is 0. The molecule has 8 nitrogen and oxygen atoms in total. The van der Waals surface area contributed by atoms with Gasteiger partial charge >= 0.3 is 5.69 Å². The Labute approximate surface area is 182 Å². The predicted molar refractivity (Wildman–Crippen MR) is 115 cm³/mol. The molecule has 4 N–H and O–H groups in total. The normalized spacial score (nSPS) is 28.4. The Kier molecular flexibility index (Phi) is 4.77. The molecule has 0 atom stereocenters. The number of halogens is 1. The van der Waals surface area contributed by atoms with Gasteiger partial charge in [0.05, 0.1) is 0 Å². The minimum atomic E-state index is -0.832. The fourth-order valence-electron chi connectivity index (χ4n) is 6.13. The molecular formula is C22H23ClN4O4. The largest absolute Gasteiger partial charge is 0.345 e. The Bertz CT molecular complexity index is 1130. The van der Waals surface area contributed by atoms with Crippen molar-refractivity contribution in [3.05, 3.63) is 61.4 Å². The van der Waals surface area contributed by atoms with Gasteiger partial charge in [0.2, 0.25) is 0 Å². The molecule has 1 heterocycles. The first-order valence-corrected chi connectivity index (χ1v) is 10.9. The molecule has 31 heavy (non-hydrogen) atoms. The van der Waals surface area contributed by atoms with Crippen LogP contribution in [-0.2, 0) is 0 Å². The summed E-state index contributed by atoms with van der Waals surface area (Å²) in [5.41, 5.74) is -2.18. The molecule has 1 aromatic heterocycles. The molecule has 2 amide bonds. The zero-order chi connectivity index (χ0) is 21.8. The molecule has 2 aromatic rings. The molecule has 162 valence electrons. The van der Waals surface area contributed by atoms with Crippen LogP contribution in [0.1, 0.15) is 59.4 Å². The zero-order valence-electron chi connectivity index (χ0n) is 16.8. The minimum absolute atomic E-state index is 0.230. The van der Waals surface area contributed by atoms with Crippen molar-refractivity contribution in [2.45, 2.75) is 44.1 Å². The maximum atomic E-state index is 13.2. The molecule has 1 aromatic carbocycles. The summed E-state index contributed by atoms with van der Waals surface area (Å²) in [5.74, 6) is 0.728. The highest BCUT2D eigenvalue weighted by Gasteiger charge is 2.51. The van der Waals surface area contributed by atoms with Gasteiger partial charge in [-0.1, -0.05) is 11.6 Å². The number of hydrogen-bond donors (Lipinski definition) is 4. The van der Waals surface area contributed by atoms with Gasteiger partial charge in [0.25, 0.3) is 17.4 Å². The van der Waals surface area contributed by atoms with Crippen LogP contribution in [0.15, 0.2) is 33.9 Å². The average Bonchev–Trinajstić information content (AvgIpc) is 2.68. The Balaban J connectivity index is 1.43. The summed E-state index contributed by atoms with van der Waals surface area (Å²) in [5, 5.41) is 6.07. The van der Waals surface area contributed by atoms with E-state index in [0.29, 0.717) is 22.8 Å². The van der Waals surface area contributed by atoms with Gasteiger partial charge in [-0.15, -0.1) is 0 Å². The van der Waals surface area contributed by atoms with E-state index in [1.165, 1.54) is 31.4 Å². The predicted octanol–water partition coefficient (Wildman–Crippen LogP) is 2.67. The lowest BCUT2D eigenvalue weighted by Crippen LogP contribution is -2.60. The highest BCUT2D eigenvalue weighted by molar-refractivity contribution is 6.30. The molecule has 4 saturated carbocycles. The summed E-state index contributed by atoms with van der Waals surface area (Å²) < 4.78 is 0. The number of aromatic amines is 2. The third-order valence-corrected chi connectivity index (χ3v) is 7.18. The van der Waals surface area contributed by atoms with Gasteiger partial charge in [0, 0.05) is 16.1 Å². The van der Waals surface area contributed by atoms with Crippen molar-refractivity contribution >= 4 is 29.1 Å². The number of aromatic nitrogens is 2. The van der Waals surface area contributed by atoms with Crippen LogP contribution < -0.4 is 21.9 Å². The van der Waals surface area contributed by atoms with Gasteiger partial charge in [-0.05, 0) is 80.5 Å². The third-order valence-electron chi connectivity index (χ3n) is 6.93. The molecule has 0 aliphatic heterocycles. The lowest BCUT2D eigenvalue weighted by molar-refractivity contribution is -0.0167. The molecule has 4 aliphatic carbocycles. The van der Waals surface area contributed by atoms with Crippen LogP contribution in [0.4, 0.5) is 5.69 Å². The van der Waals surface area contributed by atoms with Crippen molar-refractivity contribution in [1.82, 2.24) is 15.3 Å². The number of carbonyl (C=O) groups is 2. The summed E-state index contributed by atoms with van der Waals surface area (Å²) in [6, 6.07) is 6.11. The van der Waals surface area contributed by atoms with Crippen LogP contribution >= 0.6 is 11.6 Å². The number of amides is 2. The molecule has 0 unspecified atom stereocenters. The number of nitrogens with one attached hydrogen (secondary N) is 4. The molecule has 0 saturated heterocycles. The molecule has 4 aliphatic rings. The topological polar surface area (TPSA) is 124 Å². The van der Waals surface area contributed by atoms with Gasteiger partial charge in [-0.2, -0.15) is 0 Å². The quantitative estimate of drug-likeness (QED) is 0.581. The van der Waals surface area contributed by atoms with Crippen LogP contribution in [0.2, 0.25) is 5.02 Å². The standard InChI is InChI=1S/C22H23ClN4O4/c23-15-3-1-14(2-4-15)18(28)24-16-17(25-21(31)26-19(16)29)20(30)27-22-8-11-5-12(9-22)7-13(6-11)10-22/h1-4,11-13H,5-10H2,(H,24,28)(H,27,30)(H2,25,26,29,31). The summed E-state index contributed by atoms with van der Waals surface area (Å²) in [6.45, 7) is 0. The van der Waals surface area contributed by atoms with Crippen LogP contribution in [-0.4, -0.2) is 27.3 Å². The highest BCUT2D eigenvalue weighted by Crippen LogP contribution is 2.55. The summed E-state index contributed by atoms with van der Waals surface area (Å²) >= 11 is 5.85. The van der Waals surface area contributed by atoms with Gasteiger partial charge in [0.15, 0.2) is 0 Å². The molecular weight excluding hydrogens is 420 g/mol. The summed E-state index contributed by atoms with van der Waals surface area (Å²) in [4.78, 5) is 54.7. The van der Waals surface area contributed by atoms with Crippen molar-refractivity contribution in [1.29, 1.82) is 0 Å². The maximum Gasteiger partial charge on any atom is 0.326 e. The smallest absolute Gasteiger partial charge is 0.326 e. The van der Waals surface area contributed by atoms with Gasteiger partial charge < -0.3 is 15.6 Å². The van der Waals surface area contributed by atoms with E-state index in [9.17, 15) is 19.2 Å². The Morgan fingerprint density at radius 1 is 0.903 bits per heavy atom. The second-order valence-electron chi connectivity index (χ2n) is 9.27. The molecule has 4 fully saturated rings. The van der Waals surface area contributed by atoms with Crippen molar-refractivity contribution in [3.63, 3.8) is 0 Å². The Hall–Kier alpha value is -2.87. The monoisotopic (exact) mass is 442 g/mol. The molecule has 6 rings (SSSR count). The number of rotatable bonds is 4. The number of anilines is 1. The second-order valence-corrected chi connectivity index (χ2v) is 9.71. The number of H-pyrrole nitrogens is 2. The number of carbonyl (C=O) groups excluding carboxylic acids is 2. The van der Waals surface area contributed by atoms with E-state index in [1.807, 2.05) is 0 Å². The summed E-state index contributed by atoms with van der Waals surface area (Å²) in [6.07, 6.45) is 6.43. The van der Waals surface area contributed by atoms with Crippen molar-refractivity contribution in [2.24, 2.45) is 17.8 Å². The lowest BCUT2D eigenvalue weighted by atomic mass is 9.53. The maximum absolute atomic E-state index is 13.2. The number of hydrogen-bond acceptors (Lipinski definition) is 4. The lowest BCUT2D eigenvalue weighted by Gasteiger charge is -2.56. The van der Waals surface area contributed by atoms with Crippen molar-refractivity contribution in [3.8, 4) is 0 Å². The van der Waals surface area contributed by atoms with Gasteiger partial charge in [-0.25, -0.2) is 4.79 Å². The molecule has 4 bridgehead atoms. The third kappa shape index (κ3) is 3.80. The van der Waals surface area contributed by atoms with Crippen LogP contribution in [0, 0.1) is 17.8 Å². The van der Waals surface area contributed by atoms with E-state index in [4.69, 9.17) is 11.6 Å². The van der Waals surface area contributed by atoms with E-state index in [2.05, 4.69) is 20.6 Å². The van der Waals surface area contributed by atoms with E-state index in [0.717, 1.165) is 19.3 Å². The second kappa shape index (κ2) is 7.37. The Morgan fingerprint density at radius 3 is 2.06 bits per heavy atom. The minimum Gasteiger partial charge on any atom is -0.345 e. The van der Waals surface area contributed by atoms with Gasteiger partial charge in [-0.3, -0.25) is 19.4 Å². The molecule has 0 spiro atoms. The Morgan fingerprint density at radius 2 is 1.48 bits per heavy atom. The van der Waals surface area contributed by atoms with E-state index in [1.54, 1.807) is 12.1 Å². The first kappa shape index (κ1) is 20.1. The van der Waals surface area contributed by atoms with Crippen molar-refractivity contribution in [2.75, 3.05) is 5.32 Å². The SMILES string of the molecule is O=C(Nc1c(C(=O)NC23CC4CC(CC(C4)C2)C3)[nH]c(=O)[nH]c1=O)c1ccc(Cl)cc1. The highest BCUT2D eigenvalue weighted by atomic mass is 35.5. The molecule has 9 heteroatoms. The number of benzene rings is 1. The average molecular weight is 443 g/mol. The zero-order valence-corrected chi connectivity index (χ0v) is 17.6. The van der Waals surface area contributed by atoms with Crippen LogP contribution in [0.5, 0.6) is 0 Å².